The minimum atomic E-state index is -0.219. The first-order chi connectivity index (χ1) is 13.2. The van der Waals surface area contributed by atoms with E-state index in [0.717, 1.165) is 35.0 Å². The lowest BCUT2D eigenvalue weighted by atomic mass is 10.0. The van der Waals surface area contributed by atoms with Crippen LogP contribution in [0.4, 0.5) is 4.39 Å². The number of likely N-dealkylation sites (N-methyl/N-ethyl adjacent to an activating group) is 1. The number of hydrogen-bond acceptors (Lipinski definition) is 3. The Morgan fingerprint density at radius 3 is 2.40 bits per heavy atom. The summed E-state index contributed by atoms with van der Waals surface area (Å²) in [7, 11) is 2.19. The third-order valence-electron chi connectivity index (χ3n) is 5.44. The van der Waals surface area contributed by atoms with Crippen LogP contribution in [0.5, 0.6) is 0 Å². The molecular formula is C23H29Cl3FN3. The molecule has 7 heteroatoms. The van der Waals surface area contributed by atoms with Crippen LogP contribution in [0.2, 0.25) is 0 Å². The summed E-state index contributed by atoms with van der Waals surface area (Å²) < 4.78 is 13.5. The first-order valence-electron chi connectivity index (χ1n) is 9.73. The van der Waals surface area contributed by atoms with E-state index in [1.807, 2.05) is 12.3 Å². The summed E-state index contributed by atoms with van der Waals surface area (Å²) >= 11 is 0. The second-order valence-electron chi connectivity index (χ2n) is 7.51. The summed E-state index contributed by atoms with van der Waals surface area (Å²) in [5, 5.41) is 1.10. The molecule has 0 amide bonds. The number of aromatic nitrogens is 1. The van der Waals surface area contributed by atoms with Gasteiger partial charge in [0.15, 0.2) is 0 Å². The smallest absolute Gasteiger partial charge is 0.123 e. The molecule has 3 aromatic rings. The summed E-state index contributed by atoms with van der Waals surface area (Å²) in [6, 6.07) is 15.3. The van der Waals surface area contributed by atoms with Crippen molar-refractivity contribution in [1.29, 1.82) is 0 Å². The molecule has 0 aliphatic carbocycles. The van der Waals surface area contributed by atoms with Gasteiger partial charge in [-0.25, -0.2) is 4.39 Å². The number of hydrogen-bond donors (Lipinski definition) is 0. The van der Waals surface area contributed by atoms with Crippen molar-refractivity contribution in [3.63, 3.8) is 0 Å². The molecule has 1 fully saturated rings. The fourth-order valence-corrected chi connectivity index (χ4v) is 3.73. The summed E-state index contributed by atoms with van der Waals surface area (Å²) in [6.45, 7) is 5.87. The second-order valence-corrected chi connectivity index (χ2v) is 7.51. The van der Waals surface area contributed by atoms with Gasteiger partial charge in [0, 0.05) is 43.3 Å². The molecule has 2 heterocycles. The van der Waals surface area contributed by atoms with E-state index < -0.39 is 0 Å². The maximum Gasteiger partial charge on any atom is 0.123 e. The standard InChI is InChI=1S/C23H26FN3.3ClH/c1-26-10-12-27(13-11-26)9-3-4-18-7-8-20-15-21(17-25-23(20)14-18)19-5-2-6-22(24)16-19;;;/h2,5-8,14-17H,3-4,9-13H2,1H3;3*1H. The molecule has 1 aliphatic rings. The van der Waals surface area contributed by atoms with E-state index >= 15 is 0 Å². The predicted octanol–water partition coefficient (Wildman–Crippen LogP) is 5.49. The zero-order valence-electron chi connectivity index (χ0n) is 17.1. The maximum absolute atomic E-state index is 13.5. The van der Waals surface area contributed by atoms with Crippen LogP contribution in [-0.4, -0.2) is 54.6 Å². The van der Waals surface area contributed by atoms with E-state index in [0.29, 0.717) is 0 Å². The second kappa shape index (κ2) is 12.4. The van der Waals surface area contributed by atoms with Crippen molar-refractivity contribution in [1.82, 2.24) is 14.8 Å². The molecular weight excluding hydrogens is 444 g/mol. The highest BCUT2D eigenvalue weighted by Crippen LogP contribution is 2.24. The van der Waals surface area contributed by atoms with Gasteiger partial charge in [-0.3, -0.25) is 4.98 Å². The Hall–Kier alpha value is -1.43. The molecule has 0 radical (unpaired) electrons. The van der Waals surface area contributed by atoms with Gasteiger partial charge in [0.1, 0.15) is 5.82 Å². The zero-order chi connectivity index (χ0) is 18.6. The van der Waals surface area contributed by atoms with Gasteiger partial charge in [0.25, 0.3) is 0 Å². The summed E-state index contributed by atoms with van der Waals surface area (Å²) in [5.41, 5.74) is 4.15. The number of aryl methyl sites for hydroxylation is 1. The van der Waals surface area contributed by atoms with Crippen LogP contribution in [0.1, 0.15) is 12.0 Å². The van der Waals surface area contributed by atoms with E-state index in [1.165, 1.54) is 44.2 Å². The van der Waals surface area contributed by atoms with Crippen molar-refractivity contribution in [3.8, 4) is 11.1 Å². The number of piperazine rings is 1. The van der Waals surface area contributed by atoms with Gasteiger partial charge in [-0.1, -0.05) is 24.3 Å². The van der Waals surface area contributed by atoms with Crippen molar-refractivity contribution in [2.45, 2.75) is 12.8 Å². The molecule has 0 unspecified atom stereocenters. The minimum absolute atomic E-state index is 0. The minimum Gasteiger partial charge on any atom is -0.304 e. The zero-order valence-corrected chi connectivity index (χ0v) is 19.5. The van der Waals surface area contributed by atoms with Gasteiger partial charge in [0.05, 0.1) is 5.52 Å². The average Bonchev–Trinajstić information content (AvgIpc) is 2.69. The SMILES string of the molecule is CN1CCN(CCCc2ccc3cc(-c4cccc(F)c4)cnc3c2)CC1.Cl.Cl.Cl. The van der Waals surface area contributed by atoms with Gasteiger partial charge in [-0.2, -0.15) is 0 Å². The molecule has 2 aromatic carbocycles. The Kier molecular flexibility index (Phi) is 11.0. The molecule has 0 N–H and O–H groups in total. The molecule has 30 heavy (non-hydrogen) atoms. The number of rotatable bonds is 5. The molecule has 0 atom stereocenters. The average molecular weight is 473 g/mol. The molecule has 0 saturated carbocycles. The number of pyridine rings is 1. The first-order valence-corrected chi connectivity index (χ1v) is 9.73. The maximum atomic E-state index is 13.5. The lowest BCUT2D eigenvalue weighted by Crippen LogP contribution is -2.44. The Morgan fingerprint density at radius 1 is 0.900 bits per heavy atom. The van der Waals surface area contributed by atoms with E-state index in [1.54, 1.807) is 12.1 Å². The highest BCUT2D eigenvalue weighted by Gasteiger charge is 2.13. The van der Waals surface area contributed by atoms with Gasteiger partial charge in [0.2, 0.25) is 0 Å². The lowest BCUT2D eigenvalue weighted by molar-refractivity contribution is 0.153. The Balaban J connectivity index is 0.00000150. The summed E-state index contributed by atoms with van der Waals surface area (Å²) in [5.74, 6) is -0.219. The molecule has 1 aliphatic heterocycles. The van der Waals surface area contributed by atoms with Gasteiger partial charge in [-0.15, -0.1) is 37.2 Å². The normalized spacial score (nSPS) is 14.5. The molecule has 1 saturated heterocycles. The number of nitrogens with zero attached hydrogens (tertiary/aromatic N) is 3. The summed E-state index contributed by atoms with van der Waals surface area (Å²) in [4.78, 5) is 9.57. The Bertz CT molecular complexity index is 930. The van der Waals surface area contributed by atoms with Crippen molar-refractivity contribution < 1.29 is 4.39 Å². The first kappa shape index (κ1) is 26.6. The van der Waals surface area contributed by atoms with E-state index in [9.17, 15) is 4.39 Å². The molecule has 0 spiro atoms. The number of benzene rings is 2. The fourth-order valence-electron chi connectivity index (χ4n) is 3.73. The molecule has 0 bridgehead atoms. The highest BCUT2D eigenvalue weighted by molar-refractivity contribution is 5.86. The van der Waals surface area contributed by atoms with Crippen LogP contribution < -0.4 is 0 Å². The molecule has 4 rings (SSSR count). The van der Waals surface area contributed by atoms with Crippen LogP contribution in [-0.2, 0) is 6.42 Å². The van der Waals surface area contributed by atoms with Gasteiger partial charge >= 0.3 is 0 Å². The van der Waals surface area contributed by atoms with Gasteiger partial charge < -0.3 is 9.80 Å². The van der Waals surface area contributed by atoms with Gasteiger partial charge in [-0.05, 0) is 61.8 Å². The fraction of sp³-hybridized carbons (Fsp3) is 0.348. The third-order valence-corrected chi connectivity index (χ3v) is 5.44. The van der Waals surface area contributed by atoms with E-state index in [4.69, 9.17) is 0 Å². The Morgan fingerprint density at radius 2 is 1.67 bits per heavy atom. The highest BCUT2D eigenvalue weighted by atomic mass is 35.5. The third kappa shape index (κ3) is 6.79. The van der Waals surface area contributed by atoms with Crippen LogP contribution in [0, 0.1) is 5.82 Å². The quantitative estimate of drug-likeness (QED) is 0.490. The number of fused-ring (bicyclic) bond motifs is 1. The molecule has 1 aromatic heterocycles. The van der Waals surface area contributed by atoms with Crippen molar-refractivity contribution in [2.24, 2.45) is 0 Å². The van der Waals surface area contributed by atoms with Crippen molar-refractivity contribution in [2.75, 3.05) is 39.8 Å². The van der Waals surface area contributed by atoms with Crippen LogP contribution in [0.3, 0.4) is 0 Å². The van der Waals surface area contributed by atoms with Crippen LogP contribution in [0.25, 0.3) is 22.0 Å². The van der Waals surface area contributed by atoms with Crippen LogP contribution in [0.15, 0.2) is 54.7 Å². The molecule has 164 valence electrons. The largest absolute Gasteiger partial charge is 0.304 e. The van der Waals surface area contributed by atoms with Crippen molar-refractivity contribution in [3.05, 3.63) is 66.1 Å². The molecule has 3 nitrogen and oxygen atoms in total. The van der Waals surface area contributed by atoms with Crippen molar-refractivity contribution >= 4 is 48.1 Å². The lowest BCUT2D eigenvalue weighted by Gasteiger charge is -2.32. The number of halogens is 4. The predicted molar refractivity (Wildman–Crippen MR) is 131 cm³/mol. The summed E-state index contributed by atoms with van der Waals surface area (Å²) in [6.07, 6.45) is 4.09. The van der Waals surface area contributed by atoms with Crippen LogP contribution >= 0.6 is 37.2 Å². The topological polar surface area (TPSA) is 19.4 Å². The monoisotopic (exact) mass is 471 g/mol. The Labute approximate surface area is 196 Å². The van der Waals surface area contributed by atoms with E-state index in [2.05, 4.69) is 46.1 Å². The van der Waals surface area contributed by atoms with E-state index in [-0.39, 0.29) is 43.0 Å².